The molecule has 2 amide bonds. The summed E-state index contributed by atoms with van der Waals surface area (Å²) in [4.78, 5) is 16.5. The number of hydrogen-bond donors (Lipinski definition) is 3. The molecule has 4 atom stereocenters. The Morgan fingerprint density at radius 1 is 1.08 bits per heavy atom. The molecule has 24 heavy (non-hydrogen) atoms. The van der Waals surface area contributed by atoms with Crippen molar-refractivity contribution in [3.05, 3.63) is 11.6 Å². The smallest absolute Gasteiger partial charge is 0.315 e. The third kappa shape index (κ3) is 3.50. The summed E-state index contributed by atoms with van der Waals surface area (Å²) in [6, 6.07) is 0.188. The summed E-state index contributed by atoms with van der Waals surface area (Å²) < 4.78 is 11.8. The van der Waals surface area contributed by atoms with Gasteiger partial charge in [-0.25, -0.2) is 9.78 Å². The molecular formula is C16H24N4O3S. The Morgan fingerprint density at radius 3 is 2.58 bits per heavy atom. The third-order valence-corrected chi connectivity index (χ3v) is 5.76. The molecule has 8 heteroatoms. The maximum Gasteiger partial charge on any atom is 0.315 e. The molecular weight excluding hydrogens is 328 g/mol. The fourth-order valence-corrected chi connectivity index (χ4v) is 4.43. The fraction of sp³-hybridized carbons (Fsp3) is 0.750. The van der Waals surface area contributed by atoms with Gasteiger partial charge < -0.3 is 25.4 Å². The molecule has 0 aromatic carbocycles. The number of hydrogen-bond acceptors (Lipinski definition) is 6. The van der Waals surface area contributed by atoms with Crippen molar-refractivity contribution in [1.82, 2.24) is 15.6 Å². The van der Waals surface area contributed by atoms with Gasteiger partial charge in [-0.2, -0.15) is 0 Å². The lowest BCUT2D eigenvalue weighted by Gasteiger charge is -2.24. The fourth-order valence-electron chi connectivity index (χ4n) is 3.84. The van der Waals surface area contributed by atoms with Crippen molar-refractivity contribution >= 4 is 22.5 Å². The number of fused-ring (bicyclic) bond motifs is 1. The average Bonchev–Trinajstić information content (AvgIpc) is 3.30. The maximum absolute atomic E-state index is 12.2. The van der Waals surface area contributed by atoms with Gasteiger partial charge in [0.25, 0.3) is 0 Å². The van der Waals surface area contributed by atoms with E-state index in [1.165, 1.54) is 19.3 Å². The molecule has 3 N–H and O–H groups in total. The van der Waals surface area contributed by atoms with Crippen molar-refractivity contribution in [3.63, 3.8) is 0 Å². The Labute approximate surface area is 145 Å². The molecule has 0 bridgehead atoms. The zero-order chi connectivity index (χ0) is 16.4. The summed E-state index contributed by atoms with van der Waals surface area (Å²) in [6.45, 7) is 1.06. The van der Waals surface area contributed by atoms with Gasteiger partial charge in [-0.1, -0.05) is 19.3 Å². The van der Waals surface area contributed by atoms with Crippen LogP contribution in [0.5, 0.6) is 0 Å². The average molecular weight is 352 g/mol. The summed E-state index contributed by atoms with van der Waals surface area (Å²) >= 11 is 1.56. The van der Waals surface area contributed by atoms with Gasteiger partial charge >= 0.3 is 6.03 Å². The van der Waals surface area contributed by atoms with Crippen molar-refractivity contribution in [2.45, 2.75) is 62.4 Å². The highest BCUT2D eigenvalue weighted by molar-refractivity contribution is 7.13. The van der Waals surface area contributed by atoms with Gasteiger partial charge in [0.1, 0.15) is 12.2 Å². The summed E-state index contributed by atoms with van der Waals surface area (Å²) in [7, 11) is 0. The first kappa shape index (κ1) is 16.1. The first-order chi connectivity index (χ1) is 11.8. The molecule has 3 aliphatic rings. The lowest BCUT2D eigenvalue weighted by atomic mass is 9.96. The Bertz CT molecular complexity index is 550. The van der Waals surface area contributed by atoms with E-state index in [-0.39, 0.29) is 30.3 Å². The van der Waals surface area contributed by atoms with E-state index in [2.05, 4.69) is 20.9 Å². The van der Waals surface area contributed by atoms with Crippen molar-refractivity contribution in [2.24, 2.45) is 0 Å². The summed E-state index contributed by atoms with van der Waals surface area (Å²) in [5.41, 5.74) is 0. The van der Waals surface area contributed by atoms with E-state index in [1.54, 1.807) is 17.5 Å². The minimum absolute atomic E-state index is 0.0473. The first-order valence-electron chi connectivity index (χ1n) is 8.76. The number of carbonyl (C=O) groups excluding carboxylic acids is 1. The molecule has 3 heterocycles. The molecule has 4 rings (SSSR count). The third-order valence-electron chi connectivity index (χ3n) is 5.05. The van der Waals surface area contributed by atoms with Crippen molar-refractivity contribution in [1.29, 1.82) is 0 Å². The Morgan fingerprint density at radius 2 is 1.83 bits per heavy atom. The van der Waals surface area contributed by atoms with Crippen LogP contribution in [-0.2, 0) is 9.47 Å². The van der Waals surface area contributed by atoms with Crippen LogP contribution in [0.3, 0.4) is 0 Å². The van der Waals surface area contributed by atoms with Gasteiger partial charge in [-0.05, 0) is 12.8 Å². The molecule has 2 aliphatic heterocycles. The van der Waals surface area contributed by atoms with Crippen LogP contribution in [0.2, 0.25) is 0 Å². The van der Waals surface area contributed by atoms with Crippen molar-refractivity contribution < 1.29 is 14.3 Å². The molecule has 132 valence electrons. The van der Waals surface area contributed by atoms with Crippen LogP contribution in [0.4, 0.5) is 9.93 Å². The van der Waals surface area contributed by atoms with Crippen molar-refractivity contribution in [3.8, 4) is 0 Å². The molecule has 0 radical (unpaired) electrons. The van der Waals surface area contributed by atoms with Crippen LogP contribution < -0.4 is 16.0 Å². The van der Waals surface area contributed by atoms with E-state index in [4.69, 9.17) is 9.47 Å². The van der Waals surface area contributed by atoms with Crippen LogP contribution in [0.25, 0.3) is 0 Å². The number of urea groups is 1. The molecule has 1 aromatic rings. The highest BCUT2D eigenvalue weighted by atomic mass is 32.1. The topological polar surface area (TPSA) is 84.5 Å². The van der Waals surface area contributed by atoms with E-state index in [1.807, 2.05) is 5.38 Å². The standard InChI is InChI=1S/C16H24N4O3S/c21-15(18-10-4-2-1-3-5-10)19-11-8-22-14-12(9-23-13(11)14)20-16-17-6-7-24-16/h6-7,10-14H,1-5,8-9H2,(H,17,20)(H2,18,19,21)/t11-,12-,13+,14+/m0/s1. The van der Waals surface area contributed by atoms with Gasteiger partial charge in [0, 0.05) is 17.6 Å². The van der Waals surface area contributed by atoms with E-state index >= 15 is 0 Å². The number of carbonyl (C=O) groups is 1. The first-order valence-corrected chi connectivity index (χ1v) is 9.64. The second-order valence-electron chi connectivity index (χ2n) is 6.74. The van der Waals surface area contributed by atoms with Gasteiger partial charge in [-0.15, -0.1) is 11.3 Å². The monoisotopic (exact) mass is 352 g/mol. The van der Waals surface area contributed by atoms with Gasteiger partial charge in [-0.3, -0.25) is 0 Å². The Kier molecular flexibility index (Phi) is 4.86. The number of thiazole rings is 1. The van der Waals surface area contributed by atoms with E-state index in [0.29, 0.717) is 19.3 Å². The zero-order valence-electron chi connectivity index (χ0n) is 13.6. The van der Waals surface area contributed by atoms with E-state index in [0.717, 1.165) is 18.0 Å². The normalized spacial score (nSPS) is 33.2. The minimum Gasteiger partial charge on any atom is -0.371 e. The summed E-state index contributed by atoms with van der Waals surface area (Å²) in [5.74, 6) is 0. The van der Waals surface area contributed by atoms with Gasteiger partial charge in [0.15, 0.2) is 5.13 Å². The Balaban J connectivity index is 1.28. The molecule has 2 saturated heterocycles. The molecule has 7 nitrogen and oxygen atoms in total. The minimum atomic E-state index is -0.101. The lowest BCUT2D eigenvalue weighted by Crippen LogP contribution is -2.51. The van der Waals surface area contributed by atoms with Gasteiger partial charge in [0.05, 0.1) is 25.3 Å². The van der Waals surface area contributed by atoms with Crippen LogP contribution >= 0.6 is 11.3 Å². The molecule has 1 aliphatic carbocycles. The van der Waals surface area contributed by atoms with Crippen molar-refractivity contribution in [2.75, 3.05) is 18.5 Å². The molecule has 3 fully saturated rings. The van der Waals surface area contributed by atoms with E-state index in [9.17, 15) is 4.79 Å². The second-order valence-corrected chi connectivity index (χ2v) is 7.64. The van der Waals surface area contributed by atoms with Crippen LogP contribution in [0.1, 0.15) is 32.1 Å². The quantitative estimate of drug-likeness (QED) is 0.768. The number of anilines is 1. The second kappa shape index (κ2) is 7.25. The highest BCUT2D eigenvalue weighted by Crippen LogP contribution is 2.29. The molecule has 1 saturated carbocycles. The predicted molar refractivity (Wildman–Crippen MR) is 91.3 cm³/mol. The van der Waals surface area contributed by atoms with Gasteiger partial charge in [0.2, 0.25) is 0 Å². The number of nitrogens with one attached hydrogen (secondary N) is 3. The number of rotatable bonds is 4. The molecule has 1 aromatic heterocycles. The Hall–Kier alpha value is -1.38. The summed E-state index contributed by atoms with van der Waals surface area (Å²) in [6.07, 6.45) is 7.48. The lowest BCUT2D eigenvalue weighted by molar-refractivity contribution is 0.0682. The number of amides is 2. The predicted octanol–water partition coefficient (Wildman–Crippen LogP) is 1.72. The highest BCUT2D eigenvalue weighted by Gasteiger charge is 2.48. The number of aromatic nitrogens is 1. The molecule has 0 spiro atoms. The van der Waals surface area contributed by atoms with Crippen LogP contribution in [-0.4, -0.2) is 54.6 Å². The SMILES string of the molecule is O=C(NC1CCCCC1)N[C@H]1CO[C@H]2[C@@H]1OC[C@@H]2Nc1nccs1. The number of nitrogens with zero attached hydrogens (tertiary/aromatic N) is 1. The summed E-state index contributed by atoms with van der Waals surface area (Å²) in [5, 5.41) is 12.3. The molecule has 0 unspecified atom stereocenters. The zero-order valence-corrected chi connectivity index (χ0v) is 14.4. The largest absolute Gasteiger partial charge is 0.371 e. The maximum atomic E-state index is 12.2. The van der Waals surface area contributed by atoms with Crippen LogP contribution in [0.15, 0.2) is 11.6 Å². The van der Waals surface area contributed by atoms with E-state index < -0.39 is 0 Å². The van der Waals surface area contributed by atoms with Crippen LogP contribution in [0, 0.1) is 0 Å². The number of ether oxygens (including phenoxy) is 2.